The SMILES string of the molecule is CC1CCC(C(C)C)C(Nc2ccc3cn[nH]c3c2)C1. The summed E-state index contributed by atoms with van der Waals surface area (Å²) in [5.74, 6) is 2.36. The zero-order chi connectivity index (χ0) is 14.1. The van der Waals surface area contributed by atoms with E-state index in [0.717, 1.165) is 23.3 Å². The normalized spacial score (nSPS) is 27.1. The van der Waals surface area contributed by atoms with Crippen LogP contribution in [0.5, 0.6) is 0 Å². The number of aromatic amines is 1. The molecule has 3 nitrogen and oxygen atoms in total. The van der Waals surface area contributed by atoms with E-state index in [1.165, 1.54) is 30.3 Å². The standard InChI is InChI=1S/C17H25N3/c1-11(2)15-7-4-12(3)8-17(15)19-14-6-5-13-10-18-20-16(13)9-14/h5-6,9-12,15,17,19H,4,7-8H2,1-3H3,(H,18,20). The molecule has 3 atom stereocenters. The summed E-state index contributed by atoms with van der Waals surface area (Å²) in [5.41, 5.74) is 2.33. The highest BCUT2D eigenvalue weighted by molar-refractivity contribution is 5.81. The first-order valence-electron chi connectivity index (χ1n) is 7.83. The molecule has 3 unspecified atom stereocenters. The van der Waals surface area contributed by atoms with E-state index in [4.69, 9.17) is 0 Å². The molecule has 1 aliphatic carbocycles. The number of hydrogen-bond acceptors (Lipinski definition) is 2. The molecule has 1 aromatic heterocycles. The molecule has 0 bridgehead atoms. The summed E-state index contributed by atoms with van der Waals surface area (Å²) in [6.07, 6.45) is 5.88. The molecular formula is C17H25N3. The minimum absolute atomic E-state index is 0.596. The van der Waals surface area contributed by atoms with Gasteiger partial charge in [0.1, 0.15) is 0 Å². The van der Waals surface area contributed by atoms with Gasteiger partial charge in [0, 0.05) is 17.1 Å². The number of aromatic nitrogens is 2. The lowest BCUT2D eigenvalue weighted by molar-refractivity contribution is 0.212. The fraction of sp³-hybridized carbons (Fsp3) is 0.588. The number of H-pyrrole nitrogens is 1. The Morgan fingerprint density at radius 1 is 1.30 bits per heavy atom. The average molecular weight is 271 g/mol. The number of nitrogens with zero attached hydrogens (tertiary/aromatic N) is 1. The monoisotopic (exact) mass is 271 g/mol. The molecule has 1 heterocycles. The van der Waals surface area contributed by atoms with Crippen molar-refractivity contribution in [2.24, 2.45) is 17.8 Å². The summed E-state index contributed by atoms with van der Waals surface area (Å²) in [6, 6.07) is 7.09. The molecule has 2 aromatic rings. The third-order valence-electron chi connectivity index (χ3n) is 4.82. The van der Waals surface area contributed by atoms with Crippen LogP contribution in [0, 0.1) is 17.8 Å². The Morgan fingerprint density at radius 3 is 2.95 bits per heavy atom. The van der Waals surface area contributed by atoms with E-state index in [1.807, 2.05) is 6.20 Å². The molecule has 0 spiro atoms. The van der Waals surface area contributed by atoms with Crippen molar-refractivity contribution >= 4 is 16.6 Å². The van der Waals surface area contributed by atoms with Gasteiger partial charge in [-0.25, -0.2) is 0 Å². The summed E-state index contributed by atoms with van der Waals surface area (Å²) < 4.78 is 0. The summed E-state index contributed by atoms with van der Waals surface area (Å²) >= 11 is 0. The highest BCUT2D eigenvalue weighted by atomic mass is 15.1. The molecule has 3 rings (SSSR count). The summed E-state index contributed by atoms with van der Waals surface area (Å²) in [5, 5.41) is 12.1. The predicted molar refractivity (Wildman–Crippen MR) is 84.8 cm³/mol. The first kappa shape index (κ1) is 13.5. The third kappa shape index (κ3) is 2.67. The number of nitrogens with one attached hydrogen (secondary N) is 2. The Morgan fingerprint density at radius 2 is 2.15 bits per heavy atom. The van der Waals surface area contributed by atoms with Gasteiger partial charge >= 0.3 is 0 Å². The van der Waals surface area contributed by atoms with Crippen molar-refractivity contribution in [3.63, 3.8) is 0 Å². The Hall–Kier alpha value is -1.51. The molecule has 1 saturated carbocycles. The van der Waals surface area contributed by atoms with Crippen molar-refractivity contribution in [1.29, 1.82) is 0 Å². The maximum absolute atomic E-state index is 4.09. The van der Waals surface area contributed by atoms with Gasteiger partial charge in [-0.15, -0.1) is 0 Å². The van der Waals surface area contributed by atoms with E-state index in [-0.39, 0.29) is 0 Å². The van der Waals surface area contributed by atoms with E-state index in [2.05, 4.69) is 54.5 Å². The van der Waals surface area contributed by atoms with Gasteiger partial charge in [-0.3, -0.25) is 5.10 Å². The van der Waals surface area contributed by atoms with E-state index < -0.39 is 0 Å². The van der Waals surface area contributed by atoms with Crippen molar-refractivity contribution in [1.82, 2.24) is 10.2 Å². The molecule has 0 aliphatic heterocycles. The Kier molecular flexibility index (Phi) is 3.68. The molecule has 0 radical (unpaired) electrons. The van der Waals surface area contributed by atoms with Crippen LogP contribution in [0.2, 0.25) is 0 Å². The van der Waals surface area contributed by atoms with E-state index in [1.54, 1.807) is 0 Å². The van der Waals surface area contributed by atoms with Gasteiger partial charge in [-0.05, 0) is 48.8 Å². The molecule has 3 heteroatoms. The van der Waals surface area contributed by atoms with Crippen LogP contribution in [0.3, 0.4) is 0 Å². The van der Waals surface area contributed by atoms with Crippen molar-refractivity contribution in [3.05, 3.63) is 24.4 Å². The fourth-order valence-electron chi connectivity index (χ4n) is 3.61. The van der Waals surface area contributed by atoms with Gasteiger partial charge < -0.3 is 5.32 Å². The molecule has 0 saturated heterocycles. The maximum Gasteiger partial charge on any atom is 0.0670 e. The fourth-order valence-corrected chi connectivity index (χ4v) is 3.61. The Labute approximate surface area is 121 Å². The lowest BCUT2D eigenvalue weighted by atomic mass is 9.74. The van der Waals surface area contributed by atoms with Crippen LogP contribution in [0.4, 0.5) is 5.69 Å². The first-order valence-corrected chi connectivity index (χ1v) is 7.83. The number of benzene rings is 1. The molecule has 1 fully saturated rings. The summed E-state index contributed by atoms with van der Waals surface area (Å²) in [4.78, 5) is 0. The number of hydrogen-bond donors (Lipinski definition) is 2. The smallest absolute Gasteiger partial charge is 0.0670 e. The molecule has 2 N–H and O–H groups in total. The van der Waals surface area contributed by atoms with Crippen LogP contribution in [0.25, 0.3) is 10.9 Å². The van der Waals surface area contributed by atoms with Gasteiger partial charge in [0.15, 0.2) is 0 Å². The van der Waals surface area contributed by atoms with Crippen molar-refractivity contribution in [2.45, 2.75) is 46.1 Å². The highest BCUT2D eigenvalue weighted by Gasteiger charge is 2.30. The lowest BCUT2D eigenvalue weighted by Crippen LogP contribution is -2.37. The number of rotatable bonds is 3. The second-order valence-corrected chi connectivity index (χ2v) is 6.75. The quantitative estimate of drug-likeness (QED) is 0.866. The molecule has 20 heavy (non-hydrogen) atoms. The topological polar surface area (TPSA) is 40.7 Å². The molecule has 108 valence electrons. The van der Waals surface area contributed by atoms with Crippen LogP contribution in [-0.4, -0.2) is 16.2 Å². The molecular weight excluding hydrogens is 246 g/mol. The third-order valence-corrected chi connectivity index (χ3v) is 4.82. The van der Waals surface area contributed by atoms with Gasteiger partial charge in [-0.1, -0.05) is 27.2 Å². The molecule has 1 aliphatic rings. The van der Waals surface area contributed by atoms with Crippen molar-refractivity contribution < 1.29 is 0 Å². The highest BCUT2D eigenvalue weighted by Crippen LogP contribution is 2.35. The lowest BCUT2D eigenvalue weighted by Gasteiger charge is -2.38. The second kappa shape index (κ2) is 5.47. The largest absolute Gasteiger partial charge is 0.382 e. The van der Waals surface area contributed by atoms with Crippen molar-refractivity contribution in [2.75, 3.05) is 5.32 Å². The van der Waals surface area contributed by atoms with Gasteiger partial charge in [0.2, 0.25) is 0 Å². The van der Waals surface area contributed by atoms with Gasteiger partial charge in [-0.2, -0.15) is 5.10 Å². The van der Waals surface area contributed by atoms with E-state index in [9.17, 15) is 0 Å². The van der Waals surface area contributed by atoms with E-state index >= 15 is 0 Å². The summed E-state index contributed by atoms with van der Waals surface area (Å²) in [6.45, 7) is 7.09. The molecule has 0 amide bonds. The maximum atomic E-state index is 4.09. The Balaban J connectivity index is 1.79. The minimum Gasteiger partial charge on any atom is -0.382 e. The second-order valence-electron chi connectivity index (χ2n) is 6.75. The van der Waals surface area contributed by atoms with E-state index in [0.29, 0.717) is 6.04 Å². The van der Waals surface area contributed by atoms with Crippen LogP contribution < -0.4 is 5.32 Å². The number of anilines is 1. The predicted octanol–water partition coefficient (Wildman–Crippen LogP) is 4.44. The Bertz CT molecular complexity index is 572. The van der Waals surface area contributed by atoms with Crippen LogP contribution in [-0.2, 0) is 0 Å². The summed E-state index contributed by atoms with van der Waals surface area (Å²) in [7, 11) is 0. The van der Waals surface area contributed by atoms with Gasteiger partial charge in [0.05, 0.1) is 11.7 Å². The molecule has 1 aromatic carbocycles. The number of fused-ring (bicyclic) bond motifs is 1. The zero-order valence-electron chi connectivity index (χ0n) is 12.7. The van der Waals surface area contributed by atoms with Gasteiger partial charge in [0.25, 0.3) is 0 Å². The zero-order valence-corrected chi connectivity index (χ0v) is 12.7. The van der Waals surface area contributed by atoms with Crippen LogP contribution in [0.1, 0.15) is 40.0 Å². The first-order chi connectivity index (χ1) is 9.63. The van der Waals surface area contributed by atoms with Crippen LogP contribution >= 0.6 is 0 Å². The van der Waals surface area contributed by atoms with Crippen LogP contribution in [0.15, 0.2) is 24.4 Å². The minimum atomic E-state index is 0.596. The average Bonchev–Trinajstić information content (AvgIpc) is 2.85. The van der Waals surface area contributed by atoms with Crippen molar-refractivity contribution in [3.8, 4) is 0 Å².